The monoisotopic (exact) mass is 267 g/mol. The Bertz CT molecular complexity index is 674. The van der Waals surface area contributed by atoms with Crippen LogP contribution < -0.4 is 5.32 Å². The van der Waals surface area contributed by atoms with Gasteiger partial charge in [0.05, 0.1) is 0 Å². The van der Waals surface area contributed by atoms with E-state index in [1.807, 2.05) is 32.0 Å². The number of hydrogen-bond donors (Lipinski definition) is 1. The van der Waals surface area contributed by atoms with Crippen molar-refractivity contribution >= 4 is 17.4 Å². The summed E-state index contributed by atoms with van der Waals surface area (Å²) in [7, 11) is 0. The van der Waals surface area contributed by atoms with E-state index in [-0.39, 0.29) is 11.7 Å². The molecule has 1 amide bonds. The van der Waals surface area contributed by atoms with Crippen LogP contribution in [0, 0.1) is 13.8 Å². The number of carbonyl (C=O) groups excluding carboxylic acids is 2. The van der Waals surface area contributed by atoms with Crippen molar-refractivity contribution in [1.82, 2.24) is 0 Å². The lowest BCUT2D eigenvalue weighted by atomic mass is 10.0. The maximum Gasteiger partial charge on any atom is 0.255 e. The number of Topliss-reactive ketones (excluding diaryl/α,β-unsaturated/α-hetero) is 1. The molecule has 0 unspecified atom stereocenters. The Labute approximate surface area is 118 Å². The normalized spacial score (nSPS) is 10.2. The second-order valence-corrected chi connectivity index (χ2v) is 4.91. The molecule has 2 rings (SSSR count). The molecule has 0 aliphatic heterocycles. The number of rotatable bonds is 3. The summed E-state index contributed by atoms with van der Waals surface area (Å²) in [4.78, 5) is 23.6. The number of hydrogen-bond acceptors (Lipinski definition) is 2. The summed E-state index contributed by atoms with van der Waals surface area (Å²) in [6, 6.07) is 12.7. The van der Waals surface area contributed by atoms with Crippen molar-refractivity contribution in [3.8, 4) is 0 Å². The second-order valence-electron chi connectivity index (χ2n) is 4.91. The molecule has 0 aromatic heterocycles. The van der Waals surface area contributed by atoms with E-state index < -0.39 is 0 Å². The van der Waals surface area contributed by atoms with E-state index in [2.05, 4.69) is 5.32 Å². The number of anilines is 1. The van der Waals surface area contributed by atoms with Crippen LogP contribution in [0.2, 0.25) is 0 Å². The van der Waals surface area contributed by atoms with Gasteiger partial charge in [-0.3, -0.25) is 9.59 Å². The van der Waals surface area contributed by atoms with Gasteiger partial charge in [0.15, 0.2) is 5.78 Å². The van der Waals surface area contributed by atoms with Gasteiger partial charge in [0.2, 0.25) is 0 Å². The van der Waals surface area contributed by atoms with Gasteiger partial charge < -0.3 is 5.32 Å². The quantitative estimate of drug-likeness (QED) is 0.861. The van der Waals surface area contributed by atoms with Gasteiger partial charge in [0.25, 0.3) is 5.91 Å². The van der Waals surface area contributed by atoms with Crippen molar-refractivity contribution < 1.29 is 9.59 Å². The third kappa shape index (κ3) is 3.12. The van der Waals surface area contributed by atoms with Crippen LogP contribution in [0.15, 0.2) is 42.5 Å². The SMILES string of the molecule is CC(=O)c1cccc(NC(=O)c2cc(C)ccc2C)c1. The molecule has 0 radical (unpaired) electrons. The van der Waals surface area contributed by atoms with Crippen LogP contribution in [-0.2, 0) is 0 Å². The van der Waals surface area contributed by atoms with Crippen LogP contribution in [-0.4, -0.2) is 11.7 Å². The first kappa shape index (κ1) is 14.0. The number of benzene rings is 2. The van der Waals surface area contributed by atoms with Crippen LogP contribution in [0.4, 0.5) is 5.69 Å². The molecule has 0 bridgehead atoms. The van der Waals surface area contributed by atoms with Gasteiger partial charge in [-0.1, -0.05) is 29.8 Å². The fourth-order valence-electron chi connectivity index (χ4n) is 1.99. The first-order valence-corrected chi connectivity index (χ1v) is 6.47. The molecular weight excluding hydrogens is 250 g/mol. The molecule has 2 aromatic carbocycles. The van der Waals surface area contributed by atoms with Gasteiger partial charge in [0, 0.05) is 16.8 Å². The van der Waals surface area contributed by atoms with E-state index >= 15 is 0 Å². The zero-order valence-electron chi connectivity index (χ0n) is 11.9. The predicted octanol–water partition coefficient (Wildman–Crippen LogP) is 3.76. The van der Waals surface area contributed by atoms with Gasteiger partial charge in [-0.05, 0) is 44.5 Å². The zero-order chi connectivity index (χ0) is 14.7. The first-order valence-electron chi connectivity index (χ1n) is 6.47. The molecule has 0 saturated heterocycles. The van der Waals surface area contributed by atoms with Gasteiger partial charge in [-0.25, -0.2) is 0 Å². The summed E-state index contributed by atoms with van der Waals surface area (Å²) in [5.74, 6) is -0.181. The maximum atomic E-state index is 12.3. The number of carbonyl (C=O) groups is 2. The maximum absolute atomic E-state index is 12.3. The highest BCUT2D eigenvalue weighted by Gasteiger charge is 2.10. The van der Waals surface area contributed by atoms with Crippen molar-refractivity contribution in [2.45, 2.75) is 20.8 Å². The van der Waals surface area contributed by atoms with Gasteiger partial charge in [0.1, 0.15) is 0 Å². The highest BCUT2D eigenvalue weighted by molar-refractivity contribution is 6.06. The van der Waals surface area contributed by atoms with Crippen LogP contribution in [0.25, 0.3) is 0 Å². The number of amides is 1. The summed E-state index contributed by atoms with van der Waals surface area (Å²) in [5.41, 5.74) is 3.83. The lowest BCUT2D eigenvalue weighted by Crippen LogP contribution is -2.14. The molecule has 0 saturated carbocycles. The zero-order valence-corrected chi connectivity index (χ0v) is 11.9. The summed E-state index contributed by atoms with van der Waals surface area (Å²) in [6.45, 7) is 5.36. The lowest BCUT2D eigenvalue weighted by molar-refractivity contribution is 0.101. The molecular formula is C17H17NO2. The largest absolute Gasteiger partial charge is 0.322 e. The molecule has 0 heterocycles. The average Bonchev–Trinajstić information content (AvgIpc) is 2.41. The van der Waals surface area contributed by atoms with Crippen molar-refractivity contribution in [2.24, 2.45) is 0 Å². The molecule has 3 nitrogen and oxygen atoms in total. The number of nitrogens with one attached hydrogen (secondary N) is 1. The molecule has 2 aromatic rings. The molecule has 1 N–H and O–H groups in total. The molecule has 0 spiro atoms. The molecule has 0 fully saturated rings. The van der Waals surface area contributed by atoms with E-state index in [1.165, 1.54) is 6.92 Å². The minimum Gasteiger partial charge on any atom is -0.322 e. The van der Waals surface area contributed by atoms with E-state index in [0.717, 1.165) is 11.1 Å². The molecule has 0 atom stereocenters. The fraction of sp³-hybridized carbons (Fsp3) is 0.176. The highest BCUT2D eigenvalue weighted by Crippen LogP contribution is 2.15. The van der Waals surface area contributed by atoms with E-state index in [1.54, 1.807) is 24.3 Å². The minimum absolute atomic E-state index is 0.0205. The minimum atomic E-state index is -0.160. The Morgan fingerprint density at radius 1 is 1.00 bits per heavy atom. The first-order chi connectivity index (χ1) is 9.47. The Morgan fingerprint density at radius 3 is 2.45 bits per heavy atom. The third-order valence-electron chi connectivity index (χ3n) is 3.16. The van der Waals surface area contributed by atoms with Gasteiger partial charge in [-0.2, -0.15) is 0 Å². The summed E-state index contributed by atoms with van der Waals surface area (Å²) < 4.78 is 0. The molecule has 102 valence electrons. The Morgan fingerprint density at radius 2 is 1.75 bits per heavy atom. The van der Waals surface area contributed by atoms with Crippen LogP contribution in [0.5, 0.6) is 0 Å². The smallest absolute Gasteiger partial charge is 0.255 e. The highest BCUT2D eigenvalue weighted by atomic mass is 16.1. The van der Waals surface area contributed by atoms with Crippen molar-refractivity contribution in [2.75, 3.05) is 5.32 Å². The van der Waals surface area contributed by atoms with Gasteiger partial charge >= 0.3 is 0 Å². The standard InChI is InChI=1S/C17H17NO2/c1-11-7-8-12(2)16(9-11)17(20)18-15-6-4-5-14(10-15)13(3)19/h4-10H,1-3H3,(H,18,20). The molecule has 0 aliphatic rings. The van der Waals surface area contributed by atoms with Crippen molar-refractivity contribution in [3.05, 3.63) is 64.7 Å². The summed E-state index contributed by atoms with van der Waals surface area (Å²) in [5, 5.41) is 2.83. The van der Waals surface area contributed by atoms with Crippen molar-refractivity contribution in [1.29, 1.82) is 0 Å². The average molecular weight is 267 g/mol. The third-order valence-corrected chi connectivity index (χ3v) is 3.16. The Hall–Kier alpha value is -2.42. The number of ketones is 1. The lowest BCUT2D eigenvalue weighted by Gasteiger charge is -2.09. The molecule has 20 heavy (non-hydrogen) atoms. The topological polar surface area (TPSA) is 46.2 Å². The Kier molecular flexibility index (Phi) is 3.99. The van der Waals surface area contributed by atoms with E-state index in [0.29, 0.717) is 16.8 Å². The summed E-state index contributed by atoms with van der Waals surface area (Å²) >= 11 is 0. The predicted molar refractivity (Wildman–Crippen MR) is 80.3 cm³/mol. The van der Waals surface area contributed by atoms with Crippen molar-refractivity contribution in [3.63, 3.8) is 0 Å². The molecule has 3 heteroatoms. The summed E-state index contributed by atoms with van der Waals surface area (Å²) in [6.07, 6.45) is 0. The van der Waals surface area contributed by atoms with Crippen LogP contribution >= 0.6 is 0 Å². The second kappa shape index (κ2) is 5.70. The van der Waals surface area contributed by atoms with E-state index in [4.69, 9.17) is 0 Å². The molecule has 0 aliphatic carbocycles. The van der Waals surface area contributed by atoms with Crippen LogP contribution in [0.1, 0.15) is 38.8 Å². The van der Waals surface area contributed by atoms with Crippen LogP contribution in [0.3, 0.4) is 0 Å². The van der Waals surface area contributed by atoms with Gasteiger partial charge in [-0.15, -0.1) is 0 Å². The fourth-order valence-corrected chi connectivity index (χ4v) is 1.99. The number of aryl methyl sites for hydroxylation is 2. The Balaban J connectivity index is 2.25. The van der Waals surface area contributed by atoms with E-state index in [9.17, 15) is 9.59 Å².